The largest absolute Gasteiger partial charge is 0.449 e. The normalized spacial score (nSPS) is 12.7. The standard InChI is InChI=1S/C22H28N2O4/c1-24(12-14-27-15-13-25)11-10-23-22(26)28-16-21-19-8-4-2-6-17(19)18-7-3-5-9-20(18)21/h2-9,21,25H,10-16H2,1H3,(H,23,26). The average molecular weight is 384 g/mol. The number of amides is 1. The SMILES string of the molecule is CN(CCNC(=O)OCC1c2ccccc2-c2ccccc21)CCOCCO. The van der Waals surface area contributed by atoms with E-state index in [2.05, 4.69) is 34.5 Å². The molecule has 0 radical (unpaired) electrons. The molecule has 2 aromatic rings. The van der Waals surface area contributed by atoms with E-state index >= 15 is 0 Å². The van der Waals surface area contributed by atoms with Crippen molar-refractivity contribution < 1.29 is 19.4 Å². The van der Waals surface area contributed by atoms with Gasteiger partial charge in [0.2, 0.25) is 0 Å². The van der Waals surface area contributed by atoms with Gasteiger partial charge in [0.1, 0.15) is 6.61 Å². The number of carbonyl (C=O) groups excluding carboxylic acids is 1. The van der Waals surface area contributed by atoms with E-state index in [1.807, 2.05) is 31.3 Å². The Hall–Kier alpha value is -2.41. The Bertz CT molecular complexity index is 735. The molecule has 6 nitrogen and oxygen atoms in total. The van der Waals surface area contributed by atoms with E-state index in [0.29, 0.717) is 32.9 Å². The molecule has 2 aromatic carbocycles. The number of alkyl carbamates (subject to hydrolysis) is 1. The third-order valence-corrected chi connectivity index (χ3v) is 4.96. The first kappa shape index (κ1) is 20.3. The quantitative estimate of drug-likeness (QED) is 0.616. The number of nitrogens with zero attached hydrogens (tertiary/aromatic N) is 1. The lowest BCUT2D eigenvalue weighted by Gasteiger charge is -2.17. The molecule has 0 atom stereocenters. The Morgan fingerprint density at radius 3 is 2.32 bits per heavy atom. The summed E-state index contributed by atoms with van der Waals surface area (Å²) in [6.45, 7) is 3.22. The number of benzene rings is 2. The van der Waals surface area contributed by atoms with Crippen LogP contribution in [0.3, 0.4) is 0 Å². The van der Waals surface area contributed by atoms with Gasteiger partial charge in [0.25, 0.3) is 0 Å². The number of aliphatic hydroxyl groups is 1. The Balaban J connectivity index is 1.44. The highest BCUT2D eigenvalue weighted by Gasteiger charge is 2.28. The number of rotatable bonds is 10. The van der Waals surface area contributed by atoms with Crippen LogP contribution in [-0.2, 0) is 9.47 Å². The van der Waals surface area contributed by atoms with Crippen molar-refractivity contribution in [2.75, 3.05) is 53.1 Å². The summed E-state index contributed by atoms with van der Waals surface area (Å²) in [6.07, 6.45) is -0.396. The van der Waals surface area contributed by atoms with Crippen LogP contribution in [0.1, 0.15) is 17.0 Å². The van der Waals surface area contributed by atoms with Gasteiger partial charge in [0.05, 0.1) is 19.8 Å². The molecular formula is C22H28N2O4. The Labute approximate surface area is 166 Å². The molecule has 0 bridgehead atoms. The van der Waals surface area contributed by atoms with Gasteiger partial charge in [-0.05, 0) is 29.3 Å². The summed E-state index contributed by atoms with van der Waals surface area (Å²) in [7, 11) is 1.96. The number of nitrogens with one attached hydrogen (secondary N) is 1. The van der Waals surface area contributed by atoms with Gasteiger partial charge in [-0.1, -0.05) is 48.5 Å². The maximum atomic E-state index is 12.1. The second-order valence-corrected chi connectivity index (χ2v) is 6.89. The topological polar surface area (TPSA) is 71.0 Å². The smallest absolute Gasteiger partial charge is 0.407 e. The first-order chi connectivity index (χ1) is 13.7. The van der Waals surface area contributed by atoms with Crippen molar-refractivity contribution in [1.82, 2.24) is 10.2 Å². The number of likely N-dealkylation sites (N-methyl/N-ethyl adjacent to an activating group) is 1. The van der Waals surface area contributed by atoms with E-state index in [4.69, 9.17) is 14.6 Å². The number of carbonyl (C=O) groups is 1. The summed E-state index contributed by atoms with van der Waals surface area (Å²) in [5.41, 5.74) is 4.85. The van der Waals surface area contributed by atoms with Crippen molar-refractivity contribution in [1.29, 1.82) is 0 Å². The molecule has 0 aliphatic heterocycles. The monoisotopic (exact) mass is 384 g/mol. The van der Waals surface area contributed by atoms with Crippen molar-refractivity contribution in [2.45, 2.75) is 5.92 Å². The predicted molar refractivity (Wildman–Crippen MR) is 108 cm³/mol. The van der Waals surface area contributed by atoms with Gasteiger partial charge in [-0.3, -0.25) is 0 Å². The Kier molecular flexibility index (Phi) is 7.42. The lowest BCUT2D eigenvalue weighted by molar-refractivity contribution is 0.0783. The summed E-state index contributed by atoms with van der Waals surface area (Å²) < 4.78 is 10.7. The minimum absolute atomic E-state index is 0.0348. The third-order valence-electron chi connectivity index (χ3n) is 4.96. The van der Waals surface area contributed by atoms with Crippen LogP contribution in [-0.4, -0.2) is 69.2 Å². The van der Waals surface area contributed by atoms with E-state index in [1.165, 1.54) is 22.3 Å². The summed E-state index contributed by atoms with van der Waals surface area (Å²) in [6, 6.07) is 16.6. The molecule has 0 saturated heterocycles. The van der Waals surface area contributed by atoms with Gasteiger partial charge in [-0.2, -0.15) is 0 Å². The van der Waals surface area contributed by atoms with Crippen LogP contribution >= 0.6 is 0 Å². The zero-order valence-corrected chi connectivity index (χ0v) is 16.3. The molecule has 28 heavy (non-hydrogen) atoms. The van der Waals surface area contributed by atoms with Gasteiger partial charge in [0, 0.05) is 25.6 Å². The van der Waals surface area contributed by atoms with E-state index in [-0.39, 0.29) is 12.5 Å². The third kappa shape index (κ3) is 5.10. The van der Waals surface area contributed by atoms with Crippen LogP contribution < -0.4 is 5.32 Å². The van der Waals surface area contributed by atoms with Crippen molar-refractivity contribution in [3.05, 3.63) is 59.7 Å². The summed E-state index contributed by atoms with van der Waals surface area (Å²) in [5, 5.41) is 11.5. The van der Waals surface area contributed by atoms with E-state index < -0.39 is 6.09 Å². The molecule has 0 saturated carbocycles. The Morgan fingerprint density at radius 2 is 1.68 bits per heavy atom. The number of fused-ring (bicyclic) bond motifs is 3. The zero-order chi connectivity index (χ0) is 19.8. The van der Waals surface area contributed by atoms with Crippen LogP contribution in [0.25, 0.3) is 11.1 Å². The summed E-state index contributed by atoms with van der Waals surface area (Å²) >= 11 is 0. The van der Waals surface area contributed by atoms with Crippen LogP contribution in [0.2, 0.25) is 0 Å². The number of ether oxygens (including phenoxy) is 2. The van der Waals surface area contributed by atoms with Crippen LogP contribution in [0.15, 0.2) is 48.5 Å². The highest BCUT2D eigenvalue weighted by molar-refractivity contribution is 5.79. The fraction of sp³-hybridized carbons (Fsp3) is 0.409. The van der Waals surface area contributed by atoms with Crippen LogP contribution in [0.5, 0.6) is 0 Å². The van der Waals surface area contributed by atoms with Gasteiger partial charge >= 0.3 is 6.09 Å². The molecule has 6 heteroatoms. The first-order valence-corrected chi connectivity index (χ1v) is 9.66. The molecule has 0 heterocycles. The van der Waals surface area contributed by atoms with Gasteiger partial charge in [-0.25, -0.2) is 4.79 Å². The molecule has 0 aromatic heterocycles. The Morgan fingerprint density at radius 1 is 1.04 bits per heavy atom. The minimum atomic E-state index is -0.396. The van der Waals surface area contributed by atoms with Gasteiger partial charge in [-0.15, -0.1) is 0 Å². The molecule has 1 aliphatic rings. The molecule has 3 rings (SSSR count). The second kappa shape index (κ2) is 10.2. The maximum absolute atomic E-state index is 12.1. The van der Waals surface area contributed by atoms with Crippen LogP contribution in [0.4, 0.5) is 4.79 Å². The number of hydrogen-bond acceptors (Lipinski definition) is 5. The maximum Gasteiger partial charge on any atom is 0.407 e. The second-order valence-electron chi connectivity index (χ2n) is 6.89. The van der Waals surface area contributed by atoms with Crippen molar-refractivity contribution in [3.63, 3.8) is 0 Å². The minimum Gasteiger partial charge on any atom is -0.449 e. The lowest BCUT2D eigenvalue weighted by Crippen LogP contribution is -2.35. The van der Waals surface area contributed by atoms with E-state index in [1.54, 1.807) is 0 Å². The summed E-state index contributed by atoms with van der Waals surface area (Å²) in [5.74, 6) is 0.0736. The first-order valence-electron chi connectivity index (χ1n) is 9.66. The van der Waals surface area contributed by atoms with E-state index in [0.717, 1.165) is 6.54 Å². The van der Waals surface area contributed by atoms with Crippen LogP contribution in [0, 0.1) is 0 Å². The van der Waals surface area contributed by atoms with E-state index in [9.17, 15) is 4.79 Å². The van der Waals surface area contributed by atoms with Crippen molar-refractivity contribution >= 4 is 6.09 Å². The fourth-order valence-corrected chi connectivity index (χ4v) is 3.50. The molecule has 1 amide bonds. The highest BCUT2D eigenvalue weighted by atomic mass is 16.5. The highest BCUT2D eigenvalue weighted by Crippen LogP contribution is 2.44. The molecule has 0 spiro atoms. The van der Waals surface area contributed by atoms with Gasteiger partial charge in [0.15, 0.2) is 0 Å². The number of hydrogen-bond donors (Lipinski definition) is 2. The van der Waals surface area contributed by atoms with Crippen molar-refractivity contribution in [3.8, 4) is 11.1 Å². The molecular weight excluding hydrogens is 356 g/mol. The number of aliphatic hydroxyl groups excluding tert-OH is 1. The molecule has 0 fully saturated rings. The fourth-order valence-electron chi connectivity index (χ4n) is 3.50. The zero-order valence-electron chi connectivity index (χ0n) is 16.3. The molecule has 0 unspecified atom stereocenters. The average Bonchev–Trinajstić information content (AvgIpc) is 3.04. The molecule has 1 aliphatic carbocycles. The van der Waals surface area contributed by atoms with Crippen molar-refractivity contribution in [2.24, 2.45) is 0 Å². The molecule has 150 valence electrons. The lowest BCUT2D eigenvalue weighted by atomic mass is 9.98. The molecule has 2 N–H and O–H groups in total. The van der Waals surface area contributed by atoms with Gasteiger partial charge < -0.3 is 24.8 Å². The predicted octanol–water partition coefficient (Wildman–Crippen LogP) is 2.47. The summed E-state index contributed by atoms with van der Waals surface area (Å²) in [4.78, 5) is 14.2.